The molecule has 80 valence electrons. The highest BCUT2D eigenvalue weighted by atomic mass is 16.2. The van der Waals surface area contributed by atoms with Gasteiger partial charge in [0, 0.05) is 18.5 Å². The summed E-state index contributed by atoms with van der Waals surface area (Å²) < 4.78 is 0. The number of aliphatic imine (C=N–C) groups is 1. The highest BCUT2D eigenvalue weighted by Crippen LogP contribution is 2.10. The van der Waals surface area contributed by atoms with E-state index in [0.717, 1.165) is 11.4 Å². The van der Waals surface area contributed by atoms with Gasteiger partial charge >= 0.3 is 0 Å². The molecule has 1 heterocycles. The first-order valence-electron chi connectivity index (χ1n) is 4.64. The van der Waals surface area contributed by atoms with E-state index in [9.17, 15) is 4.79 Å². The molecule has 0 spiro atoms. The van der Waals surface area contributed by atoms with Crippen molar-refractivity contribution in [3.05, 3.63) is 36.6 Å². The molecule has 1 unspecified atom stereocenters. The Hall–Kier alpha value is -1.68. The molecule has 0 fully saturated rings. The summed E-state index contributed by atoms with van der Waals surface area (Å²) in [6.45, 7) is 5.39. The first-order chi connectivity index (χ1) is 7.06. The number of rotatable bonds is 2. The molecule has 0 bridgehead atoms. The number of allylic oxidation sites excluding steroid dienone is 4. The molecule has 1 rings (SSSR count). The average molecular weight is 205 g/mol. The van der Waals surface area contributed by atoms with E-state index in [0.29, 0.717) is 0 Å². The average Bonchev–Trinajstić information content (AvgIpc) is 2.28. The highest BCUT2D eigenvalue weighted by molar-refractivity contribution is 5.98. The Morgan fingerprint density at radius 2 is 2.33 bits per heavy atom. The van der Waals surface area contributed by atoms with Gasteiger partial charge in [-0.2, -0.15) is 0 Å². The lowest BCUT2D eigenvalue weighted by molar-refractivity contribution is -0.129. The van der Waals surface area contributed by atoms with Crippen molar-refractivity contribution in [1.82, 2.24) is 4.90 Å². The van der Waals surface area contributed by atoms with E-state index in [2.05, 4.69) is 11.6 Å². The fourth-order valence-corrected chi connectivity index (χ4v) is 1.27. The van der Waals surface area contributed by atoms with Gasteiger partial charge in [0.1, 0.15) is 0 Å². The highest BCUT2D eigenvalue weighted by Gasteiger charge is 2.21. The second-order valence-corrected chi connectivity index (χ2v) is 3.28. The number of hydrogen-bond acceptors (Lipinski definition) is 3. The number of nitrogens with two attached hydrogens (primary N) is 1. The molecule has 1 aliphatic rings. The fourth-order valence-electron chi connectivity index (χ4n) is 1.27. The van der Waals surface area contributed by atoms with Crippen molar-refractivity contribution in [3.8, 4) is 0 Å². The van der Waals surface area contributed by atoms with Crippen molar-refractivity contribution in [2.45, 2.75) is 13.1 Å². The quantitative estimate of drug-likeness (QED) is 0.679. The molecule has 1 atom stereocenters. The lowest BCUT2D eigenvalue weighted by Crippen LogP contribution is -2.38. The van der Waals surface area contributed by atoms with Crippen LogP contribution < -0.4 is 5.73 Å². The summed E-state index contributed by atoms with van der Waals surface area (Å²) in [5.41, 5.74) is 7.09. The Morgan fingerprint density at radius 1 is 1.67 bits per heavy atom. The van der Waals surface area contributed by atoms with Crippen LogP contribution in [-0.2, 0) is 4.79 Å². The predicted molar refractivity (Wildman–Crippen MR) is 61.3 cm³/mol. The van der Waals surface area contributed by atoms with Crippen molar-refractivity contribution in [2.24, 2.45) is 10.7 Å². The summed E-state index contributed by atoms with van der Waals surface area (Å²) in [6, 6.07) is 0. The van der Waals surface area contributed by atoms with Crippen LogP contribution in [0.25, 0.3) is 0 Å². The van der Waals surface area contributed by atoms with Gasteiger partial charge in [-0.3, -0.25) is 9.79 Å². The van der Waals surface area contributed by atoms with E-state index in [1.165, 1.54) is 4.90 Å². The van der Waals surface area contributed by atoms with E-state index in [-0.39, 0.29) is 5.91 Å². The third-order valence-corrected chi connectivity index (χ3v) is 2.07. The second-order valence-electron chi connectivity index (χ2n) is 3.28. The molecule has 0 saturated carbocycles. The lowest BCUT2D eigenvalue weighted by atomic mass is 10.2. The lowest BCUT2D eigenvalue weighted by Gasteiger charge is -2.17. The minimum absolute atomic E-state index is 0.216. The van der Waals surface area contributed by atoms with E-state index >= 15 is 0 Å². The summed E-state index contributed by atoms with van der Waals surface area (Å²) in [5, 5.41) is 0. The zero-order chi connectivity index (χ0) is 11.4. The Morgan fingerprint density at radius 3 is 2.93 bits per heavy atom. The summed E-state index contributed by atoms with van der Waals surface area (Å²) in [5.74, 6) is -0.216. The third kappa shape index (κ3) is 2.63. The van der Waals surface area contributed by atoms with Crippen molar-refractivity contribution in [2.75, 3.05) is 7.05 Å². The second kappa shape index (κ2) is 4.70. The molecule has 4 heteroatoms. The molecule has 4 nitrogen and oxygen atoms in total. The van der Waals surface area contributed by atoms with Crippen LogP contribution in [0.1, 0.15) is 6.92 Å². The Kier molecular flexibility index (Phi) is 3.57. The summed E-state index contributed by atoms with van der Waals surface area (Å²) in [4.78, 5) is 17.2. The van der Waals surface area contributed by atoms with Gasteiger partial charge in [-0.05, 0) is 19.1 Å². The molecule has 0 aromatic carbocycles. The zero-order valence-corrected chi connectivity index (χ0v) is 8.97. The van der Waals surface area contributed by atoms with Crippen molar-refractivity contribution < 1.29 is 4.79 Å². The Balaban J connectivity index is 3.06. The number of likely N-dealkylation sites (N-methyl/N-ethyl adjacent to an activating group) is 1. The molecular weight excluding hydrogens is 190 g/mol. The molecule has 0 aliphatic carbocycles. The minimum atomic E-state index is -0.805. The number of hydrogen-bond donors (Lipinski definition) is 1. The number of nitrogens with zero attached hydrogens (tertiary/aromatic N) is 2. The largest absolute Gasteiger partial charge is 0.312 e. The fraction of sp³-hybridized carbons (Fsp3) is 0.273. The van der Waals surface area contributed by atoms with Gasteiger partial charge in [-0.25, -0.2) is 0 Å². The van der Waals surface area contributed by atoms with Crippen molar-refractivity contribution in [3.63, 3.8) is 0 Å². The summed E-state index contributed by atoms with van der Waals surface area (Å²) in [6.07, 6.45) is 6.21. The van der Waals surface area contributed by atoms with Gasteiger partial charge in [-0.1, -0.05) is 18.7 Å². The maximum atomic E-state index is 11.7. The molecule has 1 aliphatic heterocycles. The number of amides is 1. The van der Waals surface area contributed by atoms with Gasteiger partial charge in [0.2, 0.25) is 0 Å². The molecular formula is C11H15N3O. The van der Waals surface area contributed by atoms with Crippen LogP contribution in [-0.4, -0.2) is 29.7 Å². The van der Waals surface area contributed by atoms with Gasteiger partial charge in [-0.15, -0.1) is 0 Å². The van der Waals surface area contributed by atoms with Crippen molar-refractivity contribution >= 4 is 11.6 Å². The number of carbonyl (C=O) groups excluding carboxylic acids is 1. The number of carbonyl (C=O) groups is 1. The van der Waals surface area contributed by atoms with Crippen LogP contribution >= 0.6 is 0 Å². The van der Waals surface area contributed by atoms with E-state index in [1.54, 1.807) is 25.3 Å². The molecule has 2 N–H and O–H groups in total. The summed E-state index contributed by atoms with van der Waals surface area (Å²) >= 11 is 0. The van der Waals surface area contributed by atoms with E-state index in [1.807, 2.05) is 13.0 Å². The van der Waals surface area contributed by atoms with Crippen LogP contribution in [0.2, 0.25) is 0 Å². The topological polar surface area (TPSA) is 58.7 Å². The van der Waals surface area contributed by atoms with Gasteiger partial charge in [0.15, 0.2) is 6.17 Å². The van der Waals surface area contributed by atoms with E-state index in [4.69, 9.17) is 5.73 Å². The summed E-state index contributed by atoms with van der Waals surface area (Å²) in [7, 11) is 1.68. The van der Waals surface area contributed by atoms with Crippen LogP contribution in [0.5, 0.6) is 0 Å². The van der Waals surface area contributed by atoms with Crippen LogP contribution in [0.3, 0.4) is 0 Å². The maximum absolute atomic E-state index is 11.7. The standard InChI is InChI=1S/C11H15N3O/c1-4-5-6-9-7-8(2)13-10(12)11(15)14(9)3/h4-7,10H,1,12H2,2-3H3/b6-5-. The maximum Gasteiger partial charge on any atom is 0.266 e. The molecule has 15 heavy (non-hydrogen) atoms. The smallest absolute Gasteiger partial charge is 0.266 e. The van der Waals surface area contributed by atoms with Crippen LogP contribution in [0.15, 0.2) is 41.6 Å². The van der Waals surface area contributed by atoms with Crippen molar-refractivity contribution in [1.29, 1.82) is 0 Å². The third-order valence-electron chi connectivity index (χ3n) is 2.07. The molecule has 0 radical (unpaired) electrons. The first-order valence-corrected chi connectivity index (χ1v) is 4.64. The van der Waals surface area contributed by atoms with Gasteiger partial charge < -0.3 is 10.6 Å². The van der Waals surface area contributed by atoms with Crippen LogP contribution in [0, 0.1) is 0 Å². The first kappa shape index (κ1) is 11.4. The molecule has 0 saturated heterocycles. The minimum Gasteiger partial charge on any atom is -0.312 e. The Bertz CT molecular complexity index is 366. The van der Waals surface area contributed by atoms with Crippen LogP contribution in [0.4, 0.5) is 0 Å². The van der Waals surface area contributed by atoms with Gasteiger partial charge in [0.25, 0.3) is 5.91 Å². The monoisotopic (exact) mass is 205 g/mol. The Labute approximate surface area is 89.5 Å². The van der Waals surface area contributed by atoms with Gasteiger partial charge in [0.05, 0.1) is 0 Å². The molecule has 1 amide bonds. The SMILES string of the molecule is C=C/C=C\C1=CC(C)=NC(N)C(=O)N1C. The molecule has 0 aromatic heterocycles. The molecule has 0 aromatic rings. The predicted octanol–water partition coefficient (Wildman–Crippen LogP) is 0.830. The zero-order valence-electron chi connectivity index (χ0n) is 8.97. The van der Waals surface area contributed by atoms with E-state index < -0.39 is 6.17 Å². The normalized spacial score (nSPS) is 22.5.